The second-order valence-corrected chi connectivity index (χ2v) is 5.50. The van der Waals surface area contributed by atoms with Crippen molar-refractivity contribution >= 4 is 39.2 Å². The summed E-state index contributed by atoms with van der Waals surface area (Å²) < 4.78 is 6.17. The molecule has 0 unspecified atom stereocenters. The van der Waals surface area contributed by atoms with Crippen molar-refractivity contribution < 1.29 is 9.53 Å². The second kappa shape index (κ2) is 7.31. The highest BCUT2D eigenvalue weighted by Gasteiger charge is 2.03. The van der Waals surface area contributed by atoms with Gasteiger partial charge in [-0.1, -0.05) is 39.7 Å². The summed E-state index contributed by atoms with van der Waals surface area (Å²) in [6.07, 6.45) is 0. The average Bonchev–Trinajstić information content (AvgIpc) is 2.46. The Bertz CT molecular complexity index is 518. The number of hydrogen-bond acceptors (Lipinski definition) is 3. The molecule has 0 aliphatic carbocycles. The van der Waals surface area contributed by atoms with E-state index in [4.69, 9.17) is 16.3 Å². The van der Waals surface area contributed by atoms with Crippen molar-refractivity contribution in [3.8, 4) is 0 Å². The molecule has 0 spiro atoms. The Hall–Kier alpha value is -1.52. The summed E-state index contributed by atoms with van der Waals surface area (Å²) in [5.74, 6) is -0.303. The predicted molar refractivity (Wildman–Crippen MR) is 83.9 cm³/mol. The summed E-state index contributed by atoms with van der Waals surface area (Å²) in [5.41, 5.74) is 1.78. The number of nitrogens with one attached hydrogen (secondary N) is 1. The molecule has 0 bridgehead atoms. The summed E-state index contributed by atoms with van der Waals surface area (Å²) in [6.45, 7) is 0.395. The van der Waals surface area contributed by atoms with Crippen LogP contribution < -0.4 is 5.32 Å². The number of carbonyl (C=O) groups is 1. The first-order valence-electron chi connectivity index (χ1n) is 6.03. The fourth-order valence-corrected chi connectivity index (χ4v) is 1.93. The molecule has 0 atom stereocenters. The number of anilines is 1. The highest BCUT2D eigenvalue weighted by molar-refractivity contribution is 9.10. The molecule has 0 radical (unpaired) electrons. The van der Waals surface area contributed by atoms with Gasteiger partial charge in [-0.3, -0.25) is 4.79 Å². The molecule has 0 fully saturated rings. The largest absolute Gasteiger partial charge is 0.460 e. The van der Waals surface area contributed by atoms with Crippen molar-refractivity contribution in [2.45, 2.75) is 6.61 Å². The lowest BCUT2D eigenvalue weighted by Gasteiger charge is -2.07. The van der Waals surface area contributed by atoms with Crippen molar-refractivity contribution in [1.82, 2.24) is 0 Å². The lowest BCUT2D eigenvalue weighted by Crippen LogP contribution is -2.16. The first kappa shape index (κ1) is 14.9. The third-order valence-corrected chi connectivity index (χ3v) is 3.37. The van der Waals surface area contributed by atoms with Gasteiger partial charge in [0.05, 0.1) is 0 Å². The summed E-state index contributed by atoms with van der Waals surface area (Å²) in [6, 6.07) is 14.8. The van der Waals surface area contributed by atoms with Gasteiger partial charge in [-0.15, -0.1) is 0 Å². The standard InChI is InChI=1S/C15H13BrClNO2/c16-12-3-1-11(2-4-12)10-20-15(19)9-18-14-7-5-13(17)6-8-14/h1-8,18H,9-10H2. The monoisotopic (exact) mass is 353 g/mol. The zero-order chi connectivity index (χ0) is 14.4. The van der Waals surface area contributed by atoms with Crippen LogP contribution >= 0.6 is 27.5 Å². The summed E-state index contributed by atoms with van der Waals surface area (Å²) in [5, 5.41) is 3.64. The first-order chi connectivity index (χ1) is 9.63. The maximum absolute atomic E-state index is 11.6. The SMILES string of the molecule is O=C(CNc1ccc(Cl)cc1)OCc1ccc(Br)cc1. The molecule has 2 aromatic carbocycles. The van der Waals surface area contributed by atoms with E-state index in [1.165, 1.54) is 0 Å². The third-order valence-electron chi connectivity index (χ3n) is 2.59. The highest BCUT2D eigenvalue weighted by Crippen LogP contribution is 2.13. The number of esters is 1. The molecule has 5 heteroatoms. The van der Waals surface area contributed by atoms with E-state index in [0.29, 0.717) is 5.02 Å². The predicted octanol–water partition coefficient (Wildman–Crippen LogP) is 4.26. The smallest absolute Gasteiger partial charge is 0.325 e. The lowest BCUT2D eigenvalue weighted by atomic mass is 10.2. The van der Waals surface area contributed by atoms with Gasteiger partial charge >= 0.3 is 5.97 Å². The van der Waals surface area contributed by atoms with Crippen LogP contribution in [0.3, 0.4) is 0 Å². The first-order valence-corrected chi connectivity index (χ1v) is 7.20. The lowest BCUT2D eigenvalue weighted by molar-refractivity contribution is -0.142. The van der Waals surface area contributed by atoms with E-state index in [0.717, 1.165) is 15.7 Å². The van der Waals surface area contributed by atoms with E-state index >= 15 is 0 Å². The Morgan fingerprint density at radius 3 is 2.40 bits per heavy atom. The van der Waals surface area contributed by atoms with Gasteiger partial charge in [-0.2, -0.15) is 0 Å². The molecule has 2 rings (SSSR count). The number of carbonyl (C=O) groups excluding carboxylic acids is 1. The van der Waals surface area contributed by atoms with Gasteiger partial charge in [0.2, 0.25) is 0 Å². The molecule has 0 heterocycles. The molecule has 20 heavy (non-hydrogen) atoms. The van der Waals surface area contributed by atoms with Gasteiger partial charge in [0.15, 0.2) is 0 Å². The Labute approximate surface area is 131 Å². The van der Waals surface area contributed by atoms with E-state index in [1.54, 1.807) is 12.1 Å². The fraction of sp³-hybridized carbons (Fsp3) is 0.133. The van der Waals surface area contributed by atoms with Crippen LogP contribution in [-0.2, 0) is 16.1 Å². The molecule has 0 aliphatic rings. The average molecular weight is 355 g/mol. The quantitative estimate of drug-likeness (QED) is 0.815. The van der Waals surface area contributed by atoms with Crippen LogP contribution in [0.25, 0.3) is 0 Å². The van der Waals surface area contributed by atoms with E-state index < -0.39 is 0 Å². The van der Waals surface area contributed by atoms with E-state index in [9.17, 15) is 4.79 Å². The van der Waals surface area contributed by atoms with Crippen LogP contribution in [0.1, 0.15) is 5.56 Å². The van der Waals surface area contributed by atoms with Crippen LogP contribution in [0.2, 0.25) is 5.02 Å². The summed E-state index contributed by atoms with van der Waals surface area (Å²) in [4.78, 5) is 11.6. The molecule has 2 aromatic rings. The molecule has 0 aliphatic heterocycles. The normalized spacial score (nSPS) is 10.1. The fourth-order valence-electron chi connectivity index (χ4n) is 1.54. The molecule has 3 nitrogen and oxygen atoms in total. The zero-order valence-electron chi connectivity index (χ0n) is 10.6. The summed E-state index contributed by atoms with van der Waals surface area (Å²) in [7, 11) is 0. The molecule has 104 valence electrons. The Morgan fingerprint density at radius 2 is 1.75 bits per heavy atom. The Kier molecular flexibility index (Phi) is 5.44. The minimum atomic E-state index is -0.303. The minimum Gasteiger partial charge on any atom is -0.460 e. The topological polar surface area (TPSA) is 38.3 Å². The molecule has 0 saturated carbocycles. The zero-order valence-corrected chi connectivity index (χ0v) is 12.9. The number of rotatable bonds is 5. The minimum absolute atomic E-state index is 0.123. The molecular weight excluding hydrogens is 342 g/mol. The number of benzene rings is 2. The number of hydrogen-bond donors (Lipinski definition) is 1. The number of halogens is 2. The second-order valence-electron chi connectivity index (χ2n) is 4.15. The molecular formula is C15H13BrClNO2. The maximum Gasteiger partial charge on any atom is 0.325 e. The van der Waals surface area contributed by atoms with Gasteiger partial charge in [-0.25, -0.2) is 0 Å². The molecule has 0 saturated heterocycles. The highest BCUT2D eigenvalue weighted by atomic mass is 79.9. The van der Waals surface area contributed by atoms with Gasteiger partial charge < -0.3 is 10.1 Å². The third kappa shape index (κ3) is 4.87. The van der Waals surface area contributed by atoms with E-state index in [1.807, 2.05) is 36.4 Å². The van der Waals surface area contributed by atoms with Gasteiger partial charge in [0.25, 0.3) is 0 Å². The van der Waals surface area contributed by atoms with Crippen molar-refractivity contribution in [3.05, 3.63) is 63.6 Å². The number of ether oxygens (including phenoxy) is 1. The Morgan fingerprint density at radius 1 is 1.10 bits per heavy atom. The van der Waals surface area contributed by atoms with Crippen molar-refractivity contribution in [1.29, 1.82) is 0 Å². The van der Waals surface area contributed by atoms with Gasteiger partial charge in [0, 0.05) is 15.2 Å². The van der Waals surface area contributed by atoms with Crippen molar-refractivity contribution in [3.63, 3.8) is 0 Å². The summed E-state index contributed by atoms with van der Waals surface area (Å²) >= 11 is 9.13. The van der Waals surface area contributed by atoms with Crippen LogP contribution in [0, 0.1) is 0 Å². The van der Waals surface area contributed by atoms with Crippen LogP contribution in [0.15, 0.2) is 53.0 Å². The van der Waals surface area contributed by atoms with Crippen molar-refractivity contribution in [2.75, 3.05) is 11.9 Å². The maximum atomic E-state index is 11.6. The van der Waals surface area contributed by atoms with Crippen LogP contribution in [0.4, 0.5) is 5.69 Å². The molecule has 0 aromatic heterocycles. The Balaban J connectivity index is 1.75. The molecule has 0 amide bonds. The molecule has 1 N–H and O–H groups in total. The van der Waals surface area contributed by atoms with E-state index in [-0.39, 0.29) is 19.1 Å². The van der Waals surface area contributed by atoms with Crippen LogP contribution in [0.5, 0.6) is 0 Å². The van der Waals surface area contributed by atoms with Gasteiger partial charge in [-0.05, 0) is 42.0 Å². The van der Waals surface area contributed by atoms with Crippen molar-refractivity contribution in [2.24, 2.45) is 0 Å². The van der Waals surface area contributed by atoms with Crippen LogP contribution in [-0.4, -0.2) is 12.5 Å². The van der Waals surface area contributed by atoms with E-state index in [2.05, 4.69) is 21.2 Å². The van der Waals surface area contributed by atoms with Gasteiger partial charge in [0.1, 0.15) is 13.2 Å².